The molecule has 0 fully saturated rings. The predicted molar refractivity (Wildman–Crippen MR) is 83.2 cm³/mol. The molecule has 1 aromatic carbocycles. The first-order chi connectivity index (χ1) is 9.98. The number of allylic oxidation sites excluding steroid dienone is 3. The summed E-state index contributed by atoms with van der Waals surface area (Å²) in [5.41, 5.74) is 12.7. The van der Waals surface area contributed by atoms with E-state index in [1.165, 1.54) is 0 Å². The SMILES string of the molecule is CCCC1(C(N)=O)C=CC=C(c2ccc(C(N)=O)cc2)C1. The van der Waals surface area contributed by atoms with Gasteiger partial charge in [-0.15, -0.1) is 0 Å². The van der Waals surface area contributed by atoms with Crippen LogP contribution in [0.3, 0.4) is 0 Å². The second-order valence-electron chi connectivity index (χ2n) is 5.44. The Kier molecular flexibility index (Phi) is 4.26. The topological polar surface area (TPSA) is 86.2 Å². The highest BCUT2D eigenvalue weighted by atomic mass is 16.1. The largest absolute Gasteiger partial charge is 0.369 e. The molecule has 0 spiro atoms. The van der Waals surface area contributed by atoms with Crippen LogP contribution in [0.25, 0.3) is 5.57 Å². The standard InChI is InChI=1S/C17H20N2O2/c1-2-9-17(16(19)21)10-3-4-14(11-17)12-5-7-13(8-6-12)15(18)20/h3-8,10H,2,9,11H2,1H3,(H2,18,20)(H2,19,21). The smallest absolute Gasteiger partial charge is 0.248 e. The summed E-state index contributed by atoms with van der Waals surface area (Å²) in [5, 5.41) is 0. The molecule has 0 bridgehead atoms. The summed E-state index contributed by atoms with van der Waals surface area (Å²) in [4.78, 5) is 23.0. The summed E-state index contributed by atoms with van der Waals surface area (Å²) in [6, 6.07) is 7.09. The number of carbonyl (C=O) groups is 2. The minimum atomic E-state index is -0.610. The molecule has 1 aliphatic carbocycles. The fourth-order valence-corrected chi connectivity index (χ4v) is 2.76. The number of carbonyl (C=O) groups excluding carboxylic acids is 2. The van der Waals surface area contributed by atoms with E-state index in [0.717, 1.165) is 24.0 Å². The lowest BCUT2D eigenvalue weighted by atomic mass is 9.73. The molecule has 1 unspecified atom stereocenters. The molecule has 4 nitrogen and oxygen atoms in total. The first kappa shape index (κ1) is 15.0. The molecule has 4 N–H and O–H groups in total. The highest BCUT2D eigenvalue weighted by Crippen LogP contribution is 2.39. The molecule has 0 aliphatic heterocycles. The van der Waals surface area contributed by atoms with E-state index >= 15 is 0 Å². The van der Waals surface area contributed by atoms with Gasteiger partial charge >= 0.3 is 0 Å². The lowest BCUT2D eigenvalue weighted by Crippen LogP contribution is -2.36. The van der Waals surface area contributed by atoms with E-state index in [1.54, 1.807) is 12.1 Å². The fourth-order valence-electron chi connectivity index (χ4n) is 2.76. The average molecular weight is 284 g/mol. The summed E-state index contributed by atoms with van der Waals surface area (Å²) in [6.07, 6.45) is 7.98. The van der Waals surface area contributed by atoms with Gasteiger partial charge in [0.2, 0.25) is 11.8 Å². The van der Waals surface area contributed by atoms with Crippen LogP contribution in [0.1, 0.15) is 42.1 Å². The molecule has 1 aliphatic rings. The first-order valence-corrected chi connectivity index (χ1v) is 7.07. The number of benzene rings is 1. The molecule has 4 heteroatoms. The van der Waals surface area contributed by atoms with Gasteiger partial charge in [-0.1, -0.05) is 43.7 Å². The zero-order valence-corrected chi connectivity index (χ0v) is 12.1. The van der Waals surface area contributed by atoms with Crippen molar-refractivity contribution in [2.45, 2.75) is 26.2 Å². The van der Waals surface area contributed by atoms with E-state index in [1.807, 2.05) is 37.3 Å². The van der Waals surface area contributed by atoms with Gasteiger partial charge in [0.25, 0.3) is 0 Å². The Hall–Kier alpha value is -2.36. The van der Waals surface area contributed by atoms with Crippen LogP contribution in [0.5, 0.6) is 0 Å². The van der Waals surface area contributed by atoms with Gasteiger partial charge in [0.1, 0.15) is 0 Å². The average Bonchev–Trinajstić information content (AvgIpc) is 2.48. The minimum absolute atomic E-state index is 0.292. The first-order valence-electron chi connectivity index (χ1n) is 7.07. The third kappa shape index (κ3) is 3.05. The molecule has 0 aromatic heterocycles. The van der Waals surface area contributed by atoms with Gasteiger partial charge in [0.05, 0.1) is 5.41 Å². The van der Waals surface area contributed by atoms with Crippen LogP contribution in [-0.4, -0.2) is 11.8 Å². The van der Waals surface area contributed by atoms with Crippen molar-refractivity contribution in [3.63, 3.8) is 0 Å². The van der Waals surface area contributed by atoms with Crippen LogP contribution in [0, 0.1) is 5.41 Å². The Morgan fingerprint density at radius 2 is 1.86 bits per heavy atom. The molecule has 1 aromatic rings. The van der Waals surface area contributed by atoms with E-state index in [9.17, 15) is 9.59 Å². The third-order valence-corrected chi connectivity index (χ3v) is 3.95. The Labute approximate surface area is 124 Å². The van der Waals surface area contributed by atoms with Crippen molar-refractivity contribution in [1.29, 1.82) is 0 Å². The molecule has 110 valence electrons. The van der Waals surface area contributed by atoms with Crippen LogP contribution < -0.4 is 11.5 Å². The normalized spacial score (nSPS) is 20.9. The van der Waals surface area contributed by atoms with Crippen LogP contribution in [0.15, 0.2) is 42.5 Å². The Morgan fingerprint density at radius 1 is 1.19 bits per heavy atom. The highest BCUT2D eigenvalue weighted by Gasteiger charge is 2.35. The zero-order chi connectivity index (χ0) is 15.5. The third-order valence-electron chi connectivity index (χ3n) is 3.95. The van der Waals surface area contributed by atoms with Gasteiger partial charge in [0.15, 0.2) is 0 Å². The summed E-state index contributed by atoms with van der Waals surface area (Å²) in [5.74, 6) is -0.739. The van der Waals surface area contributed by atoms with Crippen molar-refractivity contribution in [1.82, 2.24) is 0 Å². The molecule has 2 amide bonds. The predicted octanol–water partition coefficient (Wildman–Crippen LogP) is 2.40. The molecule has 2 rings (SSSR count). The van der Waals surface area contributed by atoms with Gasteiger partial charge in [-0.3, -0.25) is 9.59 Å². The maximum Gasteiger partial charge on any atom is 0.248 e. The molecule has 0 heterocycles. The number of amides is 2. The highest BCUT2D eigenvalue weighted by molar-refractivity contribution is 5.93. The van der Waals surface area contributed by atoms with Crippen molar-refractivity contribution in [3.8, 4) is 0 Å². The molecular formula is C17H20N2O2. The van der Waals surface area contributed by atoms with E-state index < -0.39 is 11.3 Å². The van der Waals surface area contributed by atoms with Crippen LogP contribution in [0.2, 0.25) is 0 Å². The van der Waals surface area contributed by atoms with Gasteiger partial charge in [0, 0.05) is 5.56 Å². The van der Waals surface area contributed by atoms with Gasteiger partial charge in [-0.2, -0.15) is 0 Å². The monoisotopic (exact) mass is 284 g/mol. The zero-order valence-electron chi connectivity index (χ0n) is 12.1. The summed E-state index contributed by atoms with van der Waals surface area (Å²) < 4.78 is 0. The van der Waals surface area contributed by atoms with Gasteiger partial charge < -0.3 is 11.5 Å². The number of hydrogen-bond acceptors (Lipinski definition) is 2. The van der Waals surface area contributed by atoms with E-state index in [-0.39, 0.29) is 5.91 Å². The minimum Gasteiger partial charge on any atom is -0.369 e. The molecular weight excluding hydrogens is 264 g/mol. The van der Waals surface area contributed by atoms with Crippen molar-refractivity contribution in [2.75, 3.05) is 0 Å². The number of nitrogens with two attached hydrogens (primary N) is 2. The van der Waals surface area contributed by atoms with Crippen LogP contribution in [-0.2, 0) is 4.79 Å². The molecule has 0 saturated heterocycles. The maximum atomic E-state index is 11.9. The maximum absolute atomic E-state index is 11.9. The molecule has 21 heavy (non-hydrogen) atoms. The lowest BCUT2D eigenvalue weighted by molar-refractivity contribution is -0.125. The number of primary amides is 2. The van der Waals surface area contributed by atoms with Crippen LogP contribution >= 0.6 is 0 Å². The second kappa shape index (κ2) is 5.95. The Bertz CT molecular complexity index is 614. The quantitative estimate of drug-likeness (QED) is 0.869. The van der Waals surface area contributed by atoms with Crippen molar-refractivity contribution in [2.24, 2.45) is 16.9 Å². The van der Waals surface area contributed by atoms with Crippen molar-refractivity contribution >= 4 is 17.4 Å². The van der Waals surface area contributed by atoms with Crippen molar-refractivity contribution in [3.05, 3.63) is 53.6 Å². The Balaban J connectivity index is 2.29. The van der Waals surface area contributed by atoms with E-state index in [2.05, 4.69) is 0 Å². The van der Waals surface area contributed by atoms with E-state index in [0.29, 0.717) is 12.0 Å². The van der Waals surface area contributed by atoms with Gasteiger partial charge in [-0.05, 0) is 36.1 Å². The second-order valence-corrected chi connectivity index (χ2v) is 5.44. The fraction of sp³-hybridized carbons (Fsp3) is 0.294. The van der Waals surface area contributed by atoms with E-state index in [4.69, 9.17) is 11.5 Å². The molecule has 0 radical (unpaired) electrons. The lowest BCUT2D eigenvalue weighted by Gasteiger charge is -2.30. The molecule has 1 atom stereocenters. The number of rotatable bonds is 5. The number of hydrogen-bond donors (Lipinski definition) is 2. The summed E-state index contributed by atoms with van der Waals surface area (Å²) in [7, 11) is 0. The molecule has 0 saturated carbocycles. The Morgan fingerprint density at radius 3 is 2.38 bits per heavy atom. The van der Waals surface area contributed by atoms with Crippen molar-refractivity contribution < 1.29 is 9.59 Å². The van der Waals surface area contributed by atoms with Crippen LogP contribution in [0.4, 0.5) is 0 Å². The summed E-state index contributed by atoms with van der Waals surface area (Å²) in [6.45, 7) is 2.04. The summed E-state index contributed by atoms with van der Waals surface area (Å²) >= 11 is 0. The van der Waals surface area contributed by atoms with Gasteiger partial charge in [-0.25, -0.2) is 0 Å².